The summed E-state index contributed by atoms with van der Waals surface area (Å²) in [5.41, 5.74) is 3.05. The summed E-state index contributed by atoms with van der Waals surface area (Å²) < 4.78 is 0. The van der Waals surface area contributed by atoms with Gasteiger partial charge in [-0.15, -0.1) is 0 Å². The molecule has 0 saturated carbocycles. The second kappa shape index (κ2) is 10.1. The highest BCUT2D eigenvalue weighted by Gasteiger charge is 2.15. The zero-order valence-electron chi connectivity index (χ0n) is 15.6. The van der Waals surface area contributed by atoms with Crippen LogP contribution in [0.2, 0.25) is 0 Å². The van der Waals surface area contributed by atoms with E-state index in [1.54, 1.807) is 36.6 Å². The van der Waals surface area contributed by atoms with Gasteiger partial charge in [0.25, 0.3) is 0 Å². The fourth-order valence-corrected chi connectivity index (χ4v) is 2.81. The molecule has 0 spiro atoms. The number of hydrogen-bond donors (Lipinski definition) is 1. The smallest absolute Gasteiger partial charge is 0.246 e. The monoisotopic (exact) mass is 363 g/mol. The Morgan fingerprint density at radius 2 is 2.07 bits per heavy atom. The summed E-state index contributed by atoms with van der Waals surface area (Å²) >= 11 is 0. The Morgan fingerprint density at radius 3 is 2.70 bits per heavy atom. The number of rotatable bonds is 6. The molecule has 5 heteroatoms. The van der Waals surface area contributed by atoms with Crippen LogP contribution in [0, 0.1) is 0 Å². The summed E-state index contributed by atoms with van der Waals surface area (Å²) in [6.07, 6.45) is 14.2. The lowest BCUT2D eigenvalue weighted by Crippen LogP contribution is -2.30. The minimum Gasteiger partial charge on any atom is -0.339 e. The van der Waals surface area contributed by atoms with Gasteiger partial charge in [0, 0.05) is 32.3 Å². The third kappa shape index (κ3) is 6.22. The number of aromatic nitrogens is 1. The van der Waals surface area contributed by atoms with Crippen LogP contribution in [-0.2, 0) is 9.59 Å². The normalized spacial score (nSPS) is 15.1. The van der Waals surface area contributed by atoms with Gasteiger partial charge in [-0.05, 0) is 47.8 Å². The molecule has 1 aromatic rings. The van der Waals surface area contributed by atoms with Gasteiger partial charge in [0.15, 0.2) is 0 Å². The molecular weight excluding hydrogens is 338 g/mol. The van der Waals surface area contributed by atoms with Crippen LogP contribution >= 0.6 is 0 Å². The number of allylic oxidation sites excluding steroid dienone is 4. The predicted molar refractivity (Wildman–Crippen MR) is 110 cm³/mol. The molecule has 1 aliphatic heterocycles. The van der Waals surface area contributed by atoms with Crippen molar-refractivity contribution < 1.29 is 9.59 Å². The summed E-state index contributed by atoms with van der Waals surface area (Å²) in [5, 5.41) is 2.61. The van der Waals surface area contributed by atoms with Gasteiger partial charge >= 0.3 is 0 Å². The minimum atomic E-state index is -0.169. The fourth-order valence-electron chi connectivity index (χ4n) is 2.81. The summed E-state index contributed by atoms with van der Waals surface area (Å²) in [6, 6.07) is 3.51. The third-order valence-electron chi connectivity index (χ3n) is 4.15. The third-order valence-corrected chi connectivity index (χ3v) is 4.15. The molecule has 0 fully saturated rings. The first-order valence-electron chi connectivity index (χ1n) is 8.88. The highest BCUT2D eigenvalue weighted by Crippen LogP contribution is 2.20. The molecule has 2 rings (SSSR count). The van der Waals surface area contributed by atoms with E-state index in [0.29, 0.717) is 18.9 Å². The number of nitrogens with one attached hydrogen (secondary N) is 1. The number of hydrogen-bond acceptors (Lipinski definition) is 3. The first-order valence-corrected chi connectivity index (χ1v) is 8.88. The van der Waals surface area contributed by atoms with E-state index in [9.17, 15) is 9.59 Å². The van der Waals surface area contributed by atoms with Crippen molar-refractivity contribution in [3.8, 4) is 0 Å². The maximum absolute atomic E-state index is 12.5. The maximum Gasteiger partial charge on any atom is 0.246 e. The quantitative estimate of drug-likeness (QED) is 0.616. The molecule has 0 saturated heterocycles. The highest BCUT2D eigenvalue weighted by atomic mass is 16.2. The lowest BCUT2D eigenvalue weighted by atomic mass is 10.0. The predicted octanol–water partition coefficient (Wildman–Crippen LogP) is 3.90. The number of nitrogens with zero attached hydrogens (tertiary/aromatic N) is 2. The molecule has 0 unspecified atom stereocenters. The zero-order valence-corrected chi connectivity index (χ0v) is 15.6. The van der Waals surface area contributed by atoms with Crippen molar-refractivity contribution in [1.29, 1.82) is 0 Å². The van der Waals surface area contributed by atoms with Crippen LogP contribution in [0.25, 0.3) is 6.08 Å². The zero-order chi connectivity index (χ0) is 19.6. The molecule has 1 aromatic heterocycles. The number of carbonyl (C=O) groups is 2. The van der Waals surface area contributed by atoms with Crippen molar-refractivity contribution in [1.82, 2.24) is 9.88 Å². The molecule has 2 heterocycles. The molecule has 5 nitrogen and oxygen atoms in total. The van der Waals surface area contributed by atoms with Gasteiger partial charge in [0.05, 0.1) is 0 Å². The number of anilines is 1. The van der Waals surface area contributed by atoms with Gasteiger partial charge in [-0.1, -0.05) is 37.5 Å². The summed E-state index contributed by atoms with van der Waals surface area (Å²) in [5.74, 6) is 0.295. The Labute approximate surface area is 160 Å². The van der Waals surface area contributed by atoms with Crippen molar-refractivity contribution in [3.63, 3.8) is 0 Å². The standard InChI is InChI=1S/C22H25N3O2/c1-4-7-19(5-2)20-8-6-14-25(15-13-20)22(27)12-10-18-9-11-21(23-16-18)24-17(3)26/h4-5,7-12,16H,1-2,6,13-15H2,3H3,(H,23,24,26)/b12-10+,19-7+. The van der Waals surface area contributed by atoms with Crippen LogP contribution in [0.1, 0.15) is 25.3 Å². The molecule has 1 N–H and O–H groups in total. The number of amides is 2. The van der Waals surface area contributed by atoms with Crippen molar-refractivity contribution in [2.75, 3.05) is 18.4 Å². The lowest BCUT2D eigenvalue weighted by molar-refractivity contribution is -0.125. The van der Waals surface area contributed by atoms with Gasteiger partial charge in [-0.25, -0.2) is 4.98 Å². The van der Waals surface area contributed by atoms with Crippen LogP contribution in [-0.4, -0.2) is 34.8 Å². The second-order valence-corrected chi connectivity index (χ2v) is 6.15. The van der Waals surface area contributed by atoms with Crippen molar-refractivity contribution >= 4 is 23.7 Å². The summed E-state index contributed by atoms with van der Waals surface area (Å²) in [4.78, 5) is 29.5. The molecule has 0 aromatic carbocycles. The molecule has 0 bridgehead atoms. The van der Waals surface area contributed by atoms with E-state index in [1.165, 1.54) is 12.5 Å². The molecule has 2 amide bonds. The molecule has 0 radical (unpaired) electrons. The van der Waals surface area contributed by atoms with Crippen LogP contribution in [0.15, 0.2) is 73.0 Å². The topological polar surface area (TPSA) is 62.3 Å². The second-order valence-electron chi connectivity index (χ2n) is 6.15. The fraction of sp³-hybridized carbons (Fsp3) is 0.227. The maximum atomic E-state index is 12.5. The van der Waals surface area contributed by atoms with Crippen LogP contribution in [0.3, 0.4) is 0 Å². The van der Waals surface area contributed by atoms with E-state index in [0.717, 1.165) is 24.0 Å². The van der Waals surface area contributed by atoms with Crippen molar-refractivity contribution in [3.05, 3.63) is 78.6 Å². The Balaban J connectivity index is 1.95. The Bertz CT molecular complexity index is 801. The Kier molecular flexibility index (Phi) is 7.49. The summed E-state index contributed by atoms with van der Waals surface area (Å²) in [6.45, 7) is 10.4. The van der Waals surface area contributed by atoms with E-state index in [2.05, 4.69) is 29.5 Å². The first-order chi connectivity index (χ1) is 13.0. The van der Waals surface area contributed by atoms with E-state index in [1.807, 2.05) is 17.1 Å². The number of carbonyl (C=O) groups excluding carboxylic acids is 2. The summed E-state index contributed by atoms with van der Waals surface area (Å²) in [7, 11) is 0. The van der Waals surface area contributed by atoms with Gasteiger partial charge < -0.3 is 10.2 Å². The van der Waals surface area contributed by atoms with Gasteiger partial charge in [0.2, 0.25) is 11.8 Å². The highest BCUT2D eigenvalue weighted by molar-refractivity contribution is 5.92. The van der Waals surface area contributed by atoms with Gasteiger partial charge in [-0.2, -0.15) is 0 Å². The van der Waals surface area contributed by atoms with Crippen molar-refractivity contribution in [2.24, 2.45) is 0 Å². The Hall–Kier alpha value is -3.21. The molecule has 0 atom stereocenters. The van der Waals surface area contributed by atoms with Crippen molar-refractivity contribution in [2.45, 2.75) is 19.8 Å². The molecular formula is C22H25N3O2. The van der Waals surface area contributed by atoms with Crippen LogP contribution < -0.4 is 5.32 Å². The van der Waals surface area contributed by atoms with E-state index in [-0.39, 0.29) is 11.8 Å². The first kappa shape index (κ1) is 20.1. The van der Waals surface area contributed by atoms with E-state index < -0.39 is 0 Å². The van der Waals surface area contributed by atoms with Gasteiger partial charge in [-0.3, -0.25) is 9.59 Å². The number of pyridine rings is 1. The molecule has 140 valence electrons. The average molecular weight is 363 g/mol. The molecule has 1 aliphatic rings. The molecule has 0 aliphatic carbocycles. The lowest BCUT2D eigenvalue weighted by Gasteiger charge is -2.18. The van der Waals surface area contributed by atoms with Crippen LogP contribution in [0.4, 0.5) is 5.82 Å². The van der Waals surface area contributed by atoms with Gasteiger partial charge in [0.1, 0.15) is 5.82 Å². The SMILES string of the molecule is C=C/C=C(\C=C)C1=CCCN(C(=O)/C=C/c2ccc(NC(C)=O)nc2)CC1. The largest absolute Gasteiger partial charge is 0.339 e. The minimum absolute atomic E-state index is 0.0246. The Morgan fingerprint density at radius 1 is 1.26 bits per heavy atom. The van der Waals surface area contributed by atoms with Crippen LogP contribution in [0.5, 0.6) is 0 Å². The van der Waals surface area contributed by atoms with E-state index in [4.69, 9.17) is 0 Å². The average Bonchev–Trinajstić information content (AvgIpc) is 2.91. The van der Waals surface area contributed by atoms with E-state index >= 15 is 0 Å². The molecule has 27 heavy (non-hydrogen) atoms.